The van der Waals surface area contributed by atoms with E-state index in [4.69, 9.17) is 16.2 Å². The van der Waals surface area contributed by atoms with E-state index in [9.17, 15) is 14.4 Å². The van der Waals surface area contributed by atoms with E-state index in [2.05, 4.69) is 32.4 Å². The highest BCUT2D eigenvalue weighted by molar-refractivity contribution is 6.08. The van der Waals surface area contributed by atoms with Crippen molar-refractivity contribution in [1.82, 2.24) is 15.3 Å². The number of aromatic amines is 1. The van der Waals surface area contributed by atoms with Crippen molar-refractivity contribution in [2.75, 3.05) is 11.9 Å². The molecular formula is C17H16N6O4. The first-order valence-corrected chi connectivity index (χ1v) is 7.64. The van der Waals surface area contributed by atoms with Crippen LogP contribution in [0.3, 0.4) is 0 Å². The third-order valence-corrected chi connectivity index (χ3v) is 3.36. The average molecular weight is 368 g/mol. The Morgan fingerprint density at radius 2 is 1.89 bits per heavy atom. The number of H-pyrrole nitrogens is 1. The predicted octanol–water partition coefficient (Wildman–Crippen LogP) is -0.380. The number of rotatable bonds is 6. The van der Waals surface area contributed by atoms with Gasteiger partial charge in [0.05, 0.1) is 0 Å². The Labute approximate surface area is 153 Å². The Morgan fingerprint density at radius 1 is 1.22 bits per heavy atom. The highest BCUT2D eigenvalue weighted by atomic mass is 16.4. The summed E-state index contributed by atoms with van der Waals surface area (Å²) in [7, 11) is 0. The molecule has 0 aliphatic heterocycles. The molecule has 2 rings (SSSR count). The first-order chi connectivity index (χ1) is 12.9. The Balaban J connectivity index is 1.88. The Morgan fingerprint density at radius 3 is 2.44 bits per heavy atom. The monoisotopic (exact) mass is 368 g/mol. The molecule has 10 heteroatoms. The minimum Gasteiger partial charge on any atom is -0.481 e. The van der Waals surface area contributed by atoms with E-state index >= 15 is 0 Å². The molecule has 0 aliphatic rings. The van der Waals surface area contributed by atoms with Gasteiger partial charge >= 0.3 is 11.9 Å². The van der Waals surface area contributed by atoms with Crippen molar-refractivity contribution >= 4 is 29.3 Å². The molecule has 1 atom stereocenters. The summed E-state index contributed by atoms with van der Waals surface area (Å²) in [5, 5.41) is 21.2. The van der Waals surface area contributed by atoms with Crippen LogP contribution in [0.25, 0.3) is 0 Å². The van der Waals surface area contributed by atoms with E-state index in [0.717, 1.165) is 0 Å². The molecule has 7 N–H and O–H groups in total. The van der Waals surface area contributed by atoms with E-state index < -0.39 is 23.7 Å². The number of aliphatic carboxylic acids is 1. The van der Waals surface area contributed by atoms with Gasteiger partial charge in [0.15, 0.2) is 0 Å². The third-order valence-electron chi connectivity index (χ3n) is 3.36. The molecular weight excluding hydrogens is 352 g/mol. The summed E-state index contributed by atoms with van der Waals surface area (Å²) in [4.78, 5) is 41.1. The highest BCUT2D eigenvalue weighted by Crippen LogP contribution is 2.10. The lowest BCUT2D eigenvalue weighted by Gasteiger charge is -2.09. The minimum absolute atomic E-state index is 0.0986. The van der Waals surface area contributed by atoms with Crippen molar-refractivity contribution in [3.63, 3.8) is 0 Å². The fourth-order valence-electron chi connectivity index (χ4n) is 2.02. The van der Waals surface area contributed by atoms with Crippen LogP contribution in [0.15, 0.2) is 36.7 Å². The number of carboxylic acid groups (broad SMARTS) is 1. The van der Waals surface area contributed by atoms with E-state index in [0.29, 0.717) is 11.3 Å². The van der Waals surface area contributed by atoms with Gasteiger partial charge in [0.1, 0.15) is 17.6 Å². The topological polar surface area (TPSA) is 174 Å². The van der Waals surface area contributed by atoms with E-state index in [1.165, 1.54) is 24.5 Å². The van der Waals surface area contributed by atoms with Gasteiger partial charge in [-0.15, -0.1) is 0 Å². The number of imidazole rings is 1. The van der Waals surface area contributed by atoms with Crippen LogP contribution in [0.5, 0.6) is 0 Å². The van der Waals surface area contributed by atoms with E-state index in [-0.39, 0.29) is 18.2 Å². The van der Waals surface area contributed by atoms with Crippen LogP contribution < -0.4 is 16.4 Å². The van der Waals surface area contributed by atoms with Crippen LogP contribution in [0.1, 0.15) is 17.3 Å². The number of nitrogens with one attached hydrogen (secondary N) is 4. The molecule has 0 aliphatic carbocycles. The second-order valence-electron chi connectivity index (χ2n) is 5.27. The summed E-state index contributed by atoms with van der Waals surface area (Å²) in [6.45, 7) is -0.232. The summed E-state index contributed by atoms with van der Waals surface area (Å²) >= 11 is 0. The summed E-state index contributed by atoms with van der Waals surface area (Å²) < 4.78 is 0. The fraction of sp³-hybridized carbons (Fsp3) is 0.118. The van der Waals surface area contributed by atoms with Gasteiger partial charge in [0.2, 0.25) is 0 Å². The number of hydrogen-bond donors (Lipinski definition) is 6. The number of amidine groups is 1. The van der Waals surface area contributed by atoms with Crippen molar-refractivity contribution in [2.24, 2.45) is 5.73 Å². The van der Waals surface area contributed by atoms with Crippen molar-refractivity contribution in [3.8, 4) is 11.8 Å². The molecule has 0 bridgehead atoms. The molecule has 0 fully saturated rings. The lowest BCUT2D eigenvalue weighted by atomic mass is 10.1. The molecule has 10 nitrogen and oxygen atoms in total. The van der Waals surface area contributed by atoms with Gasteiger partial charge < -0.3 is 26.5 Å². The summed E-state index contributed by atoms with van der Waals surface area (Å²) in [5.41, 5.74) is 6.25. The number of anilines is 1. The smallest absolute Gasteiger partial charge is 0.316 e. The standard InChI is InChI=1S/C17H16N6O4/c18-15(19)10-1-3-11(4-2-10)23-14(25)6-5-13(24)22-9-12(17(26)27)16-20-7-8-21-16/h1-4,7-8,12H,9H2,(H3,18,19)(H,20,21)(H,22,24)(H,23,25)(H,26,27). The molecule has 138 valence electrons. The number of hydrogen-bond acceptors (Lipinski definition) is 5. The summed E-state index contributed by atoms with van der Waals surface area (Å²) in [6.07, 6.45) is 2.88. The lowest BCUT2D eigenvalue weighted by molar-refractivity contribution is -0.138. The molecule has 1 aromatic heterocycles. The molecule has 1 heterocycles. The maximum absolute atomic E-state index is 11.7. The largest absolute Gasteiger partial charge is 0.481 e. The molecule has 1 aromatic carbocycles. The van der Waals surface area contributed by atoms with Gasteiger partial charge in [0.25, 0.3) is 5.91 Å². The highest BCUT2D eigenvalue weighted by Gasteiger charge is 2.22. The van der Waals surface area contributed by atoms with Gasteiger partial charge in [-0.25, -0.2) is 4.98 Å². The summed E-state index contributed by atoms with van der Waals surface area (Å²) in [5.74, 6) is 0.551. The first-order valence-electron chi connectivity index (χ1n) is 7.64. The predicted molar refractivity (Wildman–Crippen MR) is 95.8 cm³/mol. The number of amides is 2. The molecule has 0 spiro atoms. The quantitative estimate of drug-likeness (QED) is 0.230. The van der Waals surface area contributed by atoms with Gasteiger partial charge in [-0.2, -0.15) is 0 Å². The molecule has 2 aromatic rings. The lowest BCUT2D eigenvalue weighted by Crippen LogP contribution is -2.31. The zero-order chi connectivity index (χ0) is 19.8. The number of nitrogens with two attached hydrogens (primary N) is 1. The second kappa shape index (κ2) is 8.82. The fourth-order valence-corrected chi connectivity index (χ4v) is 2.02. The van der Waals surface area contributed by atoms with Crippen LogP contribution in [0.2, 0.25) is 0 Å². The number of carbonyl (C=O) groups excluding carboxylic acids is 2. The van der Waals surface area contributed by atoms with Crippen LogP contribution in [-0.2, 0) is 14.4 Å². The van der Waals surface area contributed by atoms with Crippen LogP contribution >= 0.6 is 0 Å². The number of carbonyl (C=O) groups is 3. The SMILES string of the molecule is N=C(N)c1ccc(NC(=O)C#CC(=O)NCC(C(=O)O)c2ncc[nH]2)cc1. The van der Waals surface area contributed by atoms with Gasteiger partial charge in [-0.3, -0.25) is 19.8 Å². The molecule has 1 unspecified atom stereocenters. The normalized spacial score (nSPS) is 10.8. The number of nitrogen functional groups attached to an aromatic ring is 1. The first kappa shape index (κ1) is 19.2. The second-order valence-corrected chi connectivity index (χ2v) is 5.27. The zero-order valence-corrected chi connectivity index (χ0v) is 13.9. The van der Waals surface area contributed by atoms with Crippen LogP contribution in [-0.4, -0.2) is 45.2 Å². The molecule has 0 radical (unpaired) electrons. The van der Waals surface area contributed by atoms with Crippen molar-refractivity contribution < 1.29 is 19.5 Å². The van der Waals surface area contributed by atoms with Gasteiger partial charge in [-0.1, -0.05) is 0 Å². The van der Waals surface area contributed by atoms with E-state index in [1.54, 1.807) is 12.1 Å². The molecule has 0 saturated heterocycles. The average Bonchev–Trinajstić information content (AvgIpc) is 3.14. The van der Waals surface area contributed by atoms with Crippen LogP contribution in [0.4, 0.5) is 5.69 Å². The molecule has 27 heavy (non-hydrogen) atoms. The Hall–Kier alpha value is -4.13. The van der Waals surface area contributed by atoms with Gasteiger partial charge in [-0.05, 0) is 24.3 Å². The van der Waals surface area contributed by atoms with Crippen molar-refractivity contribution in [3.05, 3.63) is 48.0 Å². The minimum atomic E-state index is -1.16. The Bertz CT molecular complexity index is 909. The number of carboxylic acids is 1. The number of nitrogens with zero attached hydrogens (tertiary/aromatic N) is 1. The molecule has 2 amide bonds. The number of benzene rings is 1. The van der Waals surface area contributed by atoms with Crippen molar-refractivity contribution in [2.45, 2.75) is 5.92 Å². The zero-order valence-electron chi connectivity index (χ0n) is 13.9. The maximum Gasteiger partial charge on any atom is 0.316 e. The molecule has 0 saturated carbocycles. The maximum atomic E-state index is 11.7. The van der Waals surface area contributed by atoms with E-state index in [1.807, 2.05) is 0 Å². The summed E-state index contributed by atoms with van der Waals surface area (Å²) in [6, 6.07) is 6.19. The van der Waals surface area contributed by atoms with Crippen molar-refractivity contribution in [1.29, 1.82) is 5.41 Å². The van der Waals surface area contributed by atoms with Crippen LogP contribution in [0, 0.1) is 17.3 Å². The number of aromatic nitrogens is 2. The van der Waals surface area contributed by atoms with Gasteiger partial charge in [0, 0.05) is 42.0 Å². The third kappa shape index (κ3) is 5.71. The Kier molecular flexibility index (Phi) is 6.27.